The average molecular weight is 229 g/mol. The summed E-state index contributed by atoms with van der Waals surface area (Å²) in [5.41, 5.74) is 1.72. The Bertz CT molecular complexity index is 531. The fourth-order valence-electron chi connectivity index (χ4n) is 1.58. The molecule has 0 saturated heterocycles. The van der Waals surface area contributed by atoms with Crippen molar-refractivity contribution >= 4 is 11.7 Å². The Morgan fingerprint density at radius 2 is 2.24 bits per heavy atom. The van der Waals surface area contributed by atoms with Crippen molar-refractivity contribution in [2.24, 2.45) is 0 Å². The van der Waals surface area contributed by atoms with Crippen LogP contribution < -0.4 is 5.32 Å². The van der Waals surface area contributed by atoms with Crippen LogP contribution in [-0.4, -0.2) is 15.7 Å². The molecule has 17 heavy (non-hydrogen) atoms. The third-order valence-corrected chi connectivity index (χ3v) is 2.49. The summed E-state index contributed by atoms with van der Waals surface area (Å²) in [7, 11) is 0. The van der Waals surface area contributed by atoms with Gasteiger partial charge in [-0.05, 0) is 26.0 Å². The predicted molar refractivity (Wildman–Crippen MR) is 67.0 cm³/mol. The molecule has 2 rings (SSSR count). The summed E-state index contributed by atoms with van der Waals surface area (Å²) < 4.78 is 1.77. The Kier molecular flexibility index (Phi) is 3.23. The number of amides is 1. The van der Waals surface area contributed by atoms with Crippen molar-refractivity contribution in [2.75, 3.05) is 5.32 Å². The highest BCUT2D eigenvalue weighted by Crippen LogP contribution is 2.08. The molecule has 0 bridgehead atoms. The molecule has 4 heteroatoms. The Labute approximate surface area is 100 Å². The minimum absolute atomic E-state index is 0.130. The van der Waals surface area contributed by atoms with Gasteiger partial charge in [-0.1, -0.05) is 17.7 Å². The first-order chi connectivity index (χ1) is 8.19. The van der Waals surface area contributed by atoms with Gasteiger partial charge in [-0.2, -0.15) is 5.10 Å². The standard InChI is InChI=1S/C13H15N3O/c1-3-16-8-7-12(15-16)14-13(17)11-6-4-5-10(2)9-11/h4-9H,3H2,1-2H3,(H,14,15,17). The second kappa shape index (κ2) is 4.82. The SMILES string of the molecule is CCn1ccc(NC(=O)c2cccc(C)c2)n1. The van der Waals surface area contributed by atoms with E-state index >= 15 is 0 Å². The largest absolute Gasteiger partial charge is 0.305 e. The normalized spacial score (nSPS) is 10.2. The number of anilines is 1. The fourth-order valence-corrected chi connectivity index (χ4v) is 1.58. The molecule has 1 amide bonds. The number of benzene rings is 1. The maximum atomic E-state index is 11.9. The maximum Gasteiger partial charge on any atom is 0.256 e. The van der Waals surface area contributed by atoms with Gasteiger partial charge >= 0.3 is 0 Å². The minimum Gasteiger partial charge on any atom is -0.305 e. The van der Waals surface area contributed by atoms with Gasteiger partial charge in [0.2, 0.25) is 0 Å². The molecule has 0 aliphatic rings. The molecule has 0 aliphatic heterocycles. The molecule has 1 N–H and O–H groups in total. The Morgan fingerprint density at radius 1 is 1.41 bits per heavy atom. The summed E-state index contributed by atoms with van der Waals surface area (Å²) >= 11 is 0. The van der Waals surface area contributed by atoms with Gasteiger partial charge in [-0.25, -0.2) is 0 Å². The number of carbonyl (C=O) groups is 1. The number of hydrogen-bond acceptors (Lipinski definition) is 2. The minimum atomic E-state index is -0.130. The van der Waals surface area contributed by atoms with Gasteiger partial charge in [0.1, 0.15) is 0 Å². The number of nitrogens with zero attached hydrogens (tertiary/aromatic N) is 2. The molecular weight excluding hydrogens is 214 g/mol. The third-order valence-electron chi connectivity index (χ3n) is 2.49. The van der Waals surface area contributed by atoms with E-state index in [4.69, 9.17) is 0 Å². The van der Waals surface area contributed by atoms with Crippen LogP contribution in [0, 0.1) is 6.92 Å². The van der Waals surface area contributed by atoms with Crippen molar-refractivity contribution in [3.63, 3.8) is 0 Å². The predicted octanol–water partition coefficient (Wildman–Crippen LogP) is 2.46. The highest BCUT2D eigenvalue weighted by atomic mass is 16.1. The van der Waals surface area contributed by atoms with Crippen LogP contribution in [-0.2, 0) is 6.54 Å². The lowest BCUT2D eigenvalue weighted by Gasteiger charge is -2.02. The zero-order valence-corrected chi connectivity index (χ0v) is 9.97. The van der Waals surface area contributed by atoms with Crippen molar-refractivity contribution in [3.8, 4) is 0 Å². The molecule has 88 valence electrons. The molecular formula is C13H15N3O. The molecule has 4 nitrogen and oxygen atoms in total. The van der Waals surface area contributed by atoms with E-state index in [1.54, 1.807) is 16.8 Å². The molecule has 2 aromatic rings. The van der Waals surface area contributed by atoms with Crippen molar-refractivity contribution in [2.45, 2.75) is 20.4 Å². The quantitative estimate of drug-likeness (QED) is 0.878. The second-order valence-corrected chi connectivity index (χ2v) is 3.88. The van der Waals surface area contributed by atoms with E-state index in [0.717, 1.165) is 12.1 Å². The van der Waals surface area contributed by atoms with Crippen molar-refractivity contribution in [1.82, 2.24) is 9.78 Å². The topological polar surface area (TPSA) is 46.9 Å². The fraction of sp³-hybridized carbons (Fsp3) is 0.231. The van der Waals surface area contributed by atoms with Crippen molar-refractivity contribution in [3.05, 3.63) is 47.7 Å². The summed E-state index contributed by atoms with van der Waals surface area (Å²) in [6.07, 6.45) is 1.84. The van der Waals surface area contributed by atoms with Gasteiger partial charge in [0.15, 0.2) is 5.82 Å². The van der Waals surface area contributed by atoms with Crippen LogP contribution in [0.1, 0.15) is 22.8 Å². The third kappa shape index (κ3) is 2.72. The monoisotopic (exact) mass is 229 g/mol. The Hall–Kier alpha value is -2.10. The molecule has 0 atom stereocenters. The van der Waals surface area contributed by atoms with Crippen molar-refractivity contribution in [1.29, 1.82) is 0 Å². The number of aromatic nitrogens is 2. The number of aryl methyl sites for hydroxylation is 2. The van der Waals surface area contributed by atoms with Gasteiger partial charge in [-0.15, -0.1) is 0 Å². The number of rotatable bonds is 3. The lowest BCUT2D eigenvalue weighted by atomic mass is 10.1. The highest BCUT2D eigenvalue weighted by Gasteiger charge is 2.07. The average Bonchev–Trinajstić information content (AvgIpc) is 2.77. The van der Waals surface area contributed by atoms with E-state index < -0.39 is 0 Å². The summed E-state index contributed by atoms with van der Waals surface area (Å²) in [6, 6.07) is 9.26. The summed E-state index contributed by atoms with van der Waals surface area (Å²) in [4.78, 5) is 11.9. The van der Waals surface area contributed by atoms with Crippen LogP contribution in [0.3, 0.4) is 0 Å². The van der Waals surface area contributed by atoms with Crippen LogP contribution in [0.5, 0.6) is 0 Å². The summed E-state index contributed by atoms with van der Waals surface area (Å²) in [6.45, 7) is 4.75. The van der Waals surface area contributed by atoms with Gasteiger partial charge in [0.05, 0.1) is 0 Å². The number of nitrogens with one attached hydrogen (secondary N) is 1. The van der Waals surface area contributed by atoms with E-state index in [2.05, 4.69) is 10.4 Å². The zero-order chi connectivity index (χ0) is 12.3. The summed E-state index contributed by atoms with van der Waals surface area (Å²) in [5, 5.41) is 6.97. The van der Waals surface area contributed by atoms with Gasteiger partial charge in [0.25, 0.3) is 5.91 Å². The zero-order valence-electron chi connectivity index (χ0n) is 9.97. The van der Waals surface area contributed by atoms with E-state index in [1.165, 1.54) is 0 Å². The lowest BCUT2D eigenvalue weighted by molar-refractivity contribution is 0.102. The smallest absolute Gasteiger partial charge is 0.256 e. The first-order valence-corrected chi connectivity index (χ1v) is 5.60. The second-order valence-electron chi connectivity index (χ2n) is 3.88. The van der Waals surface area contributed by atoms with Gasteiger partial charge < -0.3 is 5.32 Å². The molecule has 0 aliphatic carbocycles. The highest BCUT2D eigenvalue weighted by molar-refractivity contribution is 6.03. The molecule has 1 aromatic carbocycles. The molecule has 0 fully saturated rings. The Balaban J connectivity index is 2.11. The summed E-state index contributed by atoms with van der Waals surface area (Å²) in [5.74, 6) is 0.452. The first kappa shape index (κ1) is 11.4. The number of hydrogen-bond donors (Lipinski definition) is 1. The molecule has 1 aromatic heterocycles. The van der Waals surface area contributed by atoms with Crippen molar-refractivity contribution < 1.29 is 4.79 Å². The van der Waals surface area contributed by atoms with Crippen LogP contribution in [0.2, 0.25) is 0 Å². The maximum absolute atomic E-state index is 11.9. The van der Waals surface area contributed by atoms with E-state index in [1.807, 2.05) is 38.2 Å². The van der Waals surface area contributed by atoms with E-state index in [9.17, 15) is 4.79 Å². The van der Waals surface area contributed by atoms with Crippen LogP contribution in [0.25, 0.3) is 0 Å². The van der Waals surface area contributed by atoms with Gasteiger partial charge in [0, 0.05) is 24.4 Å². The molecule has 1 heterocycles. The molecule has 0 spiro atoms. The first-order valence-electron chi connectivity index (χ1n) is 5.60. The van der Waals surface area contributed by atoms with Crippen LogP contribution >= 0.6 is 0 Å². The molecule has 0 saturated carbocycles. The lowest BCUT2D eigenvalue weighted by Crippen LogP contribution is -2.12. The van der Waals surface area contributed by atoms with Crippen LogP contribution in [0.15, 0.2) is 36.5 Å². The van der Waals surface area contributed by atoms with Crippen LogP contribution in [0.4, 0.5) is 5.82 Å². The Morgan fingerprint density at radius 3 is 2.88 bits per heavy atom. The molecule has 0 unspecified atom stereocenters. The molecule has 0 radical (unpaired) electrons. The van der Waals surface area contributed by atoms with E-state index in [-0.39, 0.29) is 5.91 Å². The van der Waals surface area contributed by atoms with E-state index in [0.29, 0.717) is 11.4 Å². The number of carbonyl (C=O) groups excluding carboxylic acids is 1. The van der Waals surface area contributed by atoms with Gasteiger partial charge in [-0.3, -0.25) is 9.48 Å².